The first kappa shape index (κ1) is 16.1. The number of hydrogen-bond donors (Lipinski definition) is 1. The predicted molar refractivity (Wildman–Crippen MR) is 74.9 cm³/mol. The fraction of sp³-hybridized carbons (Fsp3) is 0.429. The van der Waals surface area contributed by atoms with Crippen LogP contribution >= 0.6 is 0 Å². The van der Waals surface area contributed by atoms with Gasteiger partial charge in [-0.1, -0.05) is 6.08 Å². The Morgan fingerprint density at radius 1 is 1.32 bits per heavy atom. The molecular formula is C14H19F2NOS. The van der Waals surface area contributed by atoms with Gasteiger partial charge < -0.3 is 4.55 Å². The summed E-state index contributed by atoms with van der Waals surface area (Å²) in [6, 6.07) is 2.87. The molecule has 1 N–H and O–H groups in total. The number of benzene rings is 1. The Labute approximate surface area is 116 Å². The van der Waals surface area contributed by atoms with Crippen LogP contribution in [0, 0.1) is 11.6 Å². The minimum atomic E-state index is -1.33. The van der Waals surface area contributed by atoms with E-state index in [9.17, 15) is 13.3 Å². The van der Waals surface area contributed by atoms with Gasteiger partial charge in [-0.15, -0.1) is 11.3 Å². The summed E-state index contributed by atoms with van der Waals surface area (Å²) in [7, 11) is 0. The first-order valence-corrected chi connectivity index (χ1v) is 7.14. The molecule has 0 heterocycles. The molecule has 5 heteroatoms. The van der Waals surface area contributed by atoms with Gasteiger partial charge in [-0.05, 0) is 44.9 Å². The second-order valence-electron chi connectivity index (χ2n) is 5.28. The lowest BCUT2D eigenvalue weighted by Crippen LogP contribution is -2.41. The largest absolute Gasteiger partial charge is 0.598 e. The van der Waals surface area contributed by atoms with Gasteiger partial charge in [0, 0.05) is 17.4 Å². The maximum atomic E-state index is 13.2. The molecule has 0 aliphatic heterocycles. The summed E-state index contributed by atoms with van der Waals surface area (Å²) in [5.74, 6) is -1.29. The third kappa shape index (κ3) is 4.93. The monoisotopic (exact) mass is 287 g/mol. The summed E-state index contributed by atoms with van der Waals surface area (Å²) in [5, 5.41) is 0. The summed E-state index contributed by atoms with van der Waals surface area (Å²) >= 11 is -1.33. The van der Waals surface area contributed by atoms with E-state index in [1.807, 2.05) is 20.8 Å². The van der Waals surface area contributed by atoms with Crippen LogP contribution in [0.3, 0.4) is 0 Å². The van der Waals surface area contributed by atoms with Crippen LogP contribution in [0.2, 0.25) is 0 Å². The molecular weight excluding hydrogens is 268 g/mol. The van der Waals surface area contributed by atoms with Gasteiger partial charge in [0.1, 0.15) is 16.4 Å². The fourth-order valence-corrected chi connectivity index (χ4v) is 2.35. The Bertz CT molecular complexity index is 425. The van der Waals surface area contributed by atoms with Gasteiger partial charge in [-0.25, -0.2) is 8.78 Å². The molecule has 1 rings (SSSR count). The second-order valence-corrected chi connectivity index (χ2v) is 7.28. The molecule has 2 atom stereocenters. The SMILES string of the molecule is C=CCC(N[S@+]([O-])C(C)(C)C)c1cc(F)cc(F)c1. The maximum absolute atomic E-state index is 13.2. The lowest BCUT2D eigenvalue weighted by molar-refractivity contribution is 0.519. The van der Waals surface area contributed by atoms with E-state index >= 15 is 0 Å². The lowest BCUT2D eigenvalue weighted by Gasteiger charge is -2.27. The highest BCUT2D eigenvalue weighted by Crippen LogP contribution is 2.24. The Balaban J connectivity index is 2.96. The Morgan fingerprint density at radius 2 is 1.84 bits per heavy atom. The van der Waals surface area contributed by atoms with Crippen molar-refractivity contribution in [2.75, 3.05) is 0 Å². The van der Waals surface area contributed by atoms with Gasteiger partial charge in [0.15, 0.2) is 0 Å². The number of halogens is 2. The standard InChI is InChI=1S/C14H19F2NOS/c1-5-6-13(17-19(18)14(2,3)4)10-7-11(15)9-12(16)8-10/h5,7-9,13,17H,1,6H2,2-4H3/t13?,19-/m1/s1. The Hall–Kier alpha value is -0.910. The Morgan fingerprint density at radius 3 is 2.26 bits per heavy atom. The predicted octanol–water partition coefficient (Wildman–Crippen LogP) is 3.63. The van der Waals surface area contributed by atoms with Crippen molar-refractivity contribution in [1.82, 2.24) is 4.72 Å². The van der Waals surface area contributed by atoms with Crippen LogP contribution in [0.25, 0.3) is 0 Å². The molecule has 1 unspecified atom stereocenters. The first-order valence-electron chi connectivity index (χ1n) is 5.99. The maximum Gasteiger partial charge on any atom is 0.136 e. The van der Waals surface area contributed by atoms with E-state index in [1.54, 1.807) is 6.08 Å². The third-order valence-corrected chi connectivity index (χ3v) is 4.11. The van der Waals surface area contributed by atoms with Gasteiger partial charge in [-0.3, -0.25) is 0 Å². The number of hydrogen-bond acceptors (Lipinski definition) is 2. The molecule has 0 fully saturated rings. The fourth-order valence-electron chi connectivity index (χ4n) is 1.50. The molecule has 1 aromatic carbocycles. The molecule has 0 saturated heterocycles. The summed E-state index contributed by atoms with van der Waals surface area (Å²) < 4.78 is 41.0. The molecule has 0 aromatic heterocycles. The first-order chi connectivity index (χ1) is 8.74. The highest BCUT2D eigenvalue weighted by Gasteiger charge is 2.29. The smallest absolute Gasteiger partial charge is 0.136 e. The van der Waals surface area contributed by atoms with Crippen LogP contribution in [0.5, 0.6) is 0 Å². The van der Waals surface area contributed by atoms with E-state index < -0.39 is 33.8 Å². The van der Waals surface area contributed by atoms with Crippen LogP contribution < -0.4 is 4.72 Å². The molecule has 0 bridgehead atoms. The molecule has 0 aliphatic rings. The van der Waals surface area contributed by atoms with Gasteiger partial charge in [-0.2, -0.15) is 0 Å². The number of nitrogens with one attached hydrogen (secondary N) is 1. The minimum Gasteiger partial charge on any atom is -0.598 e. The van der Waals surface area contributed by atoms with Crippen molar-refractivity contribution in [3.8, 4) is 0 Å². The van der Waals surface area contributed by atoms with Crippen molar-refractivity contribution in [2.24, 2.45) is 0 Å². The summed E-state index contributed by atoms with van der Waals surface area (Å²) in [5.41, 5.74) is 0.426. The van der Waals surface area contributed by atoms with Crippen molar-refractivity contribution in [3.05, 3.63) is 48.1 Å². The molecule has 0 radical (unpaired) electrons. The topological polar surface area (TPSA) is 35.1 Å². The average molecular weight is 287 g/mol. The highest BCUT2D eigenvalue weighted by atomic mass is 32.2. The summed E-state index contributed by atoms with van der Waals surface area (Å²) in [6.45, 7) is 9.09. The molecule has 1 aromatic rings. The molecule has 2 nitrogen and oxygen atoms in total. The van der Waals surface area contributed by atoms with Crippen molar-refractivity contribution in [2.45, 2.75) is 38.0 Å². The Kier molecular flexibility index (Phi) is 5.52. The molecule has 0 spiro atoms. The molecule has 106 valence electrons. The second kappa shape index (κ2) is 6.50. The van der Waals surface area contributed by atoms with Gasteiger partial charge in [0.05, 0.1) is 6.04 Å². The van der Waals surface area contributed by atoms with E-state index in [1.165, 1.54) is 12.1 Å². The summed E-state index contributed by atoms with van der Waals surface area (Å²) in [6.07, 6.45) is 2.06. The van der Waals surface area contributed by atoms with Crippen molar-refractivity contribution >= 4 is 11.4 Å². The number of rotatable bonds is 5. The minimum absolute atomic E-state index is 0.426. The normalized spacial score (nSPS) is 15.1. The molecule has 0 aliphatic carbocycles. The van der Waals surface area contributed by atoms with Crippen LogP contribution in [-0.4, -0.2) is 9.30 Å². The van der Waals surface area contributed by atoms with Crippen LogP contribution in [0.1, 0.15) is 38.8 Å². The van der Waals surface area contributed by atoms with Gasteiger partial charge in [0.25, 0.3) is 0 Å². The van der Waals surface area contributed by atoms with E-state index in [2.05, 4.69) is 11.3 Å². The van der Waals surface area contributed by atoms with E-state index in [0.717, 1.165) is 6.07 Å². The van der Waals surface area contributed by atoms with Crippen molar-refractivity contribution < 1.29 is 13.3 Å². The van der Waals surface area contributed by atoms with Crippen molar-refractivity contribution in [1.29, 1.82) is 0 Å². The van der Waals surface area contributed by atoms with Gasteiger partial charge in [0.2, 0.25) is 0 Å². The van der Waals surface area contributed by atoms with Crippen LogP contribution in [0.15, 0.2) is 30.9 Å². The molecule has 19 heavy (non-hydrogen) atoms. The third-order valence-electron chi connectivity index (χ3n) is 2.50. The molecule has 0 saturated carbocycles. The quantitative estimate of drug-likeness (QED) is 0.663. The summed E-state index contributed by atoms with van der Waals surface area (Å²) in [4.78, 5) is 0. The van der Waals surface area contributed by atoms with Gasteiger partial charge >= 0.3 is 0 Å². The zero-order valence-electron chi connectivity index (χ0n) is 11.4. The van der Waals surface area contributed by atoms with E-state index in [-0.39, 0.29) is 0 Å². The zero-order chi connectivity index (χ0) is 14.6. The van der Waals surface area contributed by atoms with Crippen LogP contribution in [0.4, 0.5) is 8.78 Å². The van der Waals surface area contributed by atoms with Crippen LogP contribution in [-0.2, 0) is 11.4 Å². The lowest BCUT2D eigenvalue weighted by atomic mass is 10.0. The molecule has 0 amide bonds. The zero-order valence-corrected chi connectivity index (χ0v) is 12.2. The highest BCUT2D eigenvalue weighted by molar-refractivity contribution is 7.90. The van der Waals surface area contributed by atoms with E-state index in [4.69, 9.17) is 0 Å². The average Bonchev–Trinajstić information content (AvgIpc) is 2.25. The van der Waals surface area contributed by atoms with Crippen molar-refractivity contribution in [3.63, 3.8) is 0 Å². The van der Waals surface area contributed by atoms with E-state index in [0.29, 0.717) is 12.0 Å².